The zero-order valence-corrected chi connectivity index (χ0v) is 9.93. The molecule has 0 aliphatic carbocycles. The molecule has 0 spiro atoms. The van der Waals surface area contributed by atoms with Crippen LogP contribution in [0.3, 0.4) is 0 Å². The van der Waals surface area contributed by atoms with Crippen molar-refractivity contribution in [3.8, 4) is 11.9 Å². The molecule has 2 rings (SSSR count). The molecule has 9 nitrogen and oxygen atoms in total. The second-order valence-electron chi connectivity index (χ2n) is 3.47. The number of aromatic amines is 2. The van der Waals surface area contributed by atoms with E-state index in [0.29, 0.717) is 6.61 Å². The Hall–Kier alpha value is -2.84. The average molecular weight is 265 g/mol. The maximum atomic E-state index is 11.8. The molecule has 19 heavy (non-hydrogen) atoms. The van der Waals surface area contributed by atoms with Crippen molar-refractivity contribution in [2.45, 2.75) is 6.92 Å². The molecule has 0 bridgehead atoms. The van der Waals surface area contributed by atoms with Crippen molar-refractivity contribution in [3.63, 3.8) is 0 Å². The lowest BCUT2D eigenvalue weighted by atomic mass is 10.2. The fraction of sp³-hybridized carbons (Fsp3) is 0.200. The lowest BCUT2D eigenvalue weighted by molar-refractivity contribution is 0.102. The van der Waals surface area contributed by atoms with Crippen molar-refractivity contribution >= 4 is 11.9 Å². The third-order valence-corrected chi connectivity index (χ3v) is 2.06. The summed E-state index contributed by atoms with van der Waals surface area (Å²) in [7, 11) is 0. The standard InChI is InChI=1S/C10H11N5O4/c1-2-19-10-13-9(14-15-10)12-8(18)5-3-6(16)11-7(17)4-5/h3-4H,2H2,1H3,(H2,11,16,17)(H2,12,13,14,15,18). The quantitative estimate of drug-likeness (QED) is 0.607. The van der Waals surface area contributed by atoms with Crippen LogP contribution in [-0.2, 0) is 0 Å². The Morgan fingerprint density at radius 1 is 1.53 bits per heavy atom. The van der Waals surface area contributed by atoms with Crippen LogP contribution in [0, 0.1) is 0 Å². The molecule has 0 aliphatic heterocycles. The fourth-order valence-electron chi connectivity index (χ4n) is 1.34. The van der Waals surface area contributed by atoms with E-state index in [1.807, 2.05) is 0 Å². The number of nitrogens with one attached hydrogen (secondary N) is 3. The number of ether oxygens (including phenoxy) is 1. The molecule has 2 aromatic rings. The second kappa shape index (κ2) is 5.21. The summed E-state index contributed by atoms with van der Waals surface area (Å²) in [5.74, 6) is -0.931. The van der Waals surface area contributed by atoms with Crippen LogP contribution in [0.25, 0.3) is 0 Å². The third kappa shape index (κ3) is 3.09. The van der Waals surface area contributed by atoms with Crippen molar-refractivity contribution in [2.24, 2.45) is 0 Å². The van der Waals surface area contributed by atoms with Gasteiger partial charge in [0.15, 0.2) is 5.88 Å². The Morgan fingerprint density at radius 2 is 2.32 bits per heavy atom. The van der Waals surface area contributed by atoms with Crippen LogP contribution in [0.1, 0.15) is 17.3 Å². The Bertz CT molecular complexity index is 647. The Balaban J connectivity index is 2.13. The van der Waals surface area contributed by atoms with Crippen molar-refractivity contribution in [1.29, 1.82) is 0 Å². The molecule has 2 heterocycles. The molecule has 0 aromatic carbocycles. The van der Waals surface area contributed by atoms with Gasteiger partial charge in [-0.15, -0.1) is 5.10 Å². The molecule has 0 unspecified atom stereocenters. The number of amides is 1. The highest BCUT2D eigenvalue weighted by molar-refractivity contribution is 6.03. The second-order valence-corrected chi connectivity index (χ2v) is 3.47. The van der Waals surface area contributed by atoms with Crippen LogP contribution in [0.2, 0.25) is 0 Å². The fourth-order valence-corrected chi connectivity index (χ4v) is 1.34. The van der Waals surface area contributed by atoms with Crippen molar-refractivity contribution in [2.75, 3.05) is 11.9 Å². The van der Waals surface area contributed by atoms with E-state index >= 15 is 0 Å². The molecule has 1 amide bonds. The van der Waals surface area contributed by atoms with Crippen LogP contribution in [0.15, 0.2) is 16.9 Å². The van der Waals surface area contributed by atoms with Gasteiger partial charge in [0.25, 0.3) is 11.5 Å². The predicted octanol–water partition coefficient (Wildman–Crippen LogP) is -0.150. The minimum absolute atomic E-state index is 0.00406. The largest absolute Gasteiger partial charge is 0.494 e. The molecule has 0 fully saturated rings. The van der Waals surface area contributed by atoms with Gasteiger partial charge in [-0.25, -0.2) is 5.10 Å². The SMILES string of the molecule is CCOc1n[nH]c(NC(=O)c2cc(O)[nH]c(=O)c2)n1. The van der Waals surface area contributed by atoms with Gasteiger partial charge < -0.3 is 9.84 Å². The molecule has 0 atom stereocenters. The number of nitrogens with zero attached hydrogens (tertiary/aromatic N) is 2. The summed E-state index contributed by atoms with van der Waals surface area (Å²) in [4.78, 5) is 28.8. The number of carbonyl (C=O) groups is 1. The maximum absolute atomic E-state index is 11.8. The van der Waals surface area contributed by atoms with Crippen LogP contribution >= 0.6 is 0 Å². The molecular formula is C10H11N5O4. The monoisotopic (exact) mass is 265 g/mol. The van der Waals surface area contributed by atoms with E-state index in [-0.39, 0.29) is 17.5 Å². The highest BCUT2D eigenvalue weighted by Crippen LogP contribution is 2.09. The Labute approximate surface area is 106 Å². The topological polar surface area (TPSA) is 133 Å². The highest BCUT2D eigenvalue weighted by atomic mass is 16.5. The van der Waals surface area contributed by atoms with Gasteiger partial charge in [0.1, 0.15) is 0 Å². The molecule has 100 valence electrons. The molecule has 2 aromatic heterocycles. The number of anilines is 1. The first-order valence-corrected chi connectivity index (χ1v) is 5.38. The maximum Gasteiger partial charge on any atom is 0.337 e. The highest BCUT2D eigenvalue weighted by Gasteiger charge is 2.11. The molecular weight excluding hydrogens is 254 g/mol. The summed E-state index contributed by atoms with van der Waals surface area (Å²) in [6.45, 7) is 2.17. The van der Waals surface area contributed by atoms with E-state index in [1.165, 1.54) is 0 Å². The molecule has 9 heteroatoms. The summed E-state index contributed by atoms with van der Waals surface area (Å²) < 4.78 is 5.01. The number of aromatic hydroxyl groups is 1. The van der Waals surface area contributed by atoms with Gasteiger partial charge in [-0.05, 0) is 6.92 Å². The first-order valence-electron chi connectivity index (χ1n) is 5.38. The number of pyridine rings is 1. The summed E-state index contributed by atoms with van der Waals surface area (Å²) in [5, 5.41) is 17.7. The van der Waals surface area contributed by atoms with E-state index in [1.54, 1.807) is 6.92 Å². The predicted molar refractivity (Wildman–Crippen MR) is 64.2 cm³/mol. The number of aromatic nitrogens is 4. The number of hydrogen-bond donors (Lipinski definition) is 4. The van der Waals surface area contributed by atoms with Crippen LogP contribution < -0.4 is 15.6 Å². The number of hydrogen-bond acceptors (Lipinski definition) is 6. The number of H-pyrrole nitrogens is 2. The van der Waals surface area contributed by atoms with Gasteiger partial charge in [-0.1, -0.05) is 0 Å². The smallest absolute Gasteiger partial charge is 0.337 e. The Kier molecular flexibility index (Phi) is 3.46. The van der Waals surface area contributed by atoms with E-state index in [9.17, 15) is 14.7 Å². The van der Waals surface area contributed by atoms with Gasteiger partial charge in [0.2, 0.25) is 5.95 Å². The summed E-state index contributed by atoms with van der Waals surface area (Å²) in [6.07, 6.45) is 0. The van der Waals surface area contributed by atoms with E-state index in [2.05, 4.69) is 25.5 Å². The minimum atomic E-state index is -0.611. The Morgan fingerprint density at radius 3 is 3.00 bits per heavy atom. The van der Waals surface area contributed by atoms with Crippen molar-refractivity contribution in [3.05, 3.63) is 28.0 Å². The molecule has 0 saturated heterocycles. The third-order valence-electron chi connectivity index (χ3n) is 2.06. The molecule has 0 saturated carbocycles. The van der Waals surface area contributed by atoms with Gasteiger partial charge in [0.05, 0.1) is 12.2 Å². The van der Waals surface area contributed by atoms with Gasteiger partial charge >= 0.3 is 6.01 Å². The van der Waals surface area contributed by atoms with E-state index in [4.69, 9.17) is 4.74 Å². The van der Waals surface area contributed by atoms with Gasteiger partial charge in [-0.3, -0.25) is 19.9 Å². The van der Waals surface area contributed by atoms with E-state index in [0.717, 1.165) is 12.1 Å². The van der Waals surface area contributed by atoms with Crippen LogP contribution in [-0.4, -0.2) is 37.8 Å². The lowest BCUT2D eigenvalue weighted by Crippen LogP contribution is -2.16. The zero-order chi connectivity index (χ0) is 13.8. The van der Waals surface area contributed by atoms with E-state index < -0.39 is 17.3 Å². The summed E-state index contributed by atoms with van der Waals surface area (Å²) in [6, 6.07) is 2.28. The number of rotatable bonds is 4. The summed E-state index contributed by atoms with van der Waals surface area (Å²) >= 11 is 0. The average Bonchev–Trinajstić information content (AvgIpc) is 2.76. The first kappa shape index (κ1) is 12.6. The molecule has 4 N–H and O–H groups in total. The van der Waals surface area contributed by atoms with Gasteiger partial charge in [-0.2, -0.15) is 4.98 Å². The van der Waals surface area contributed by atoms with Crippen LogP contribution in [0.5, 0.6) is 11.9 Å². The molecule has 0 aliphatic rings. The van der Waals surface area contributed by atoms with Crippen LogP contribution in [0.4, 0.5) is 5.95 Å². The minimum Gasteiger partial charge on any atom is -0.494 e. The molecule has 0 radical (unpaired) electrons. The van der Waals surface area contributed by atoms with Crippen molar-refractivity contribution < 1.29 is 14.6 Å². The number of carbonyl (C=O) groups excluding carboxylic acids is 1. The zero-order valence-electron chi connectivity index (χ0n) is 9.93. The lowest BCUT2D eigenvalue weighted by Gasteiger charge is -2.01. The van der Waals surface area contributed by atoms with Gasteiger partial charge in [0, 0.05) is 12.1 Å². The normalized spacial score (nSPS) is 10.2. The van der Waals surface area contributed by atoms with Crippen molar-refractivity contribution in [1.82, 2.24) is 20.2 Å². The summed E-state index contributed by atoms with van der Waals surface area (Å²) in [5.41, 5.74) is -0.590. The first-order chi connectivity index (χ1) is 9.08.